The summed E-state index contributed by atoms with van der Waals surface area (Å²) in [6, 6.07) is 11.9. The van der Waals surface area contributed by atoms with E-state index >= 15 is 0 Å². The van der Waals surface area contributed by atoms with E-state index in [9.17, 15) is 8.78 Å². The summed E-state index contributed by atoms with van der Waals surface area (Å²) in [6.07, 6.45) is 0.553. The minimum Gasteiger partial charge on any atom is -0.319 e. The van der Waals surface area contributed by atoms with Crippen molar-refractivity contribution in [2.45, 2.75) is 19.3 Å². The van der Waals surface area contributed by atoms with Crippen molar-refractivity contribution in [3.8, 4) is 0 Å². The summed E-state index contributed by atoms with van der Waals surface area (Å²) in [6.45, 7) is 2.81. The maximum absolute atomic E-state index is 13.8. The third-order valence-corrected chi connectivity index (χ3v) is 3.56. The minimum atomic E-state index is -0.535. The summed E-state index contributed by atoms with van der Waals surface area (Å²) in [7, 11) is 1.88. The van der Waals surface area contributed by atoms with E-state index in [-0.39, 0.29) is 5.92 Å². The Morgan fingerprint density at radius 2 is 1.85 bits per heavy atom. The molecular formula is C17H19F2N. The third-order valence-electron chi connectivity index (χ3n) is 3.56. The Hall–Kier alpha value is -1.74. The molecule has 0 amide bonds. The van der Waals surface area contributed by atoms with Crippen molar-refractivity contribution < 1.29 is 8.78 Å². The Morgan fingerprint density at radius 1 is 1.10 bits per heavy atom. The number of hydrogen-bond donors (Lipinski definition) is 1. The smallest absolute Gasteiger partial charge is 0.129 e. The second-order valence-electron chi connectivity index (χ2n) is 5.05. The van der Waals surface area contributed by atoms with Gasteiger partial charge < -0.3 is 5.32 Å². The van der Waals surface area contributed by atoms with Crippen molar-refractivity contribution in [3.05, 3.63) is 70.8 Å². The Morgan fingerprint density at radius 3 is 2.50 bits per heavy atom. The van der Waals surface area contributed by atoms with Gasteiger partial charge in [-0.3, -0.25) is 0 Å². The molecule has 2 rings (SSSR count). The molecular weight excluding hydrogens is 256 g/mol. The van der Waals surface area contributed by atoms with Crippen LogP contribution < -0.4 is 5.32 Å². The van der Waals surface area contributed by atoms with E-state index in [0.29, 0.717) is 12.0 Å². The Bertz CT molecular complexity index is 581. The second kappa shape index (κ2) is 6.62. The highest BCUT2D eigenvalue weighted by Gasteiger charge is 2.16. The Kier molecular flexibility index (Phi) is 4.85. The summed E-state index contributed by atoms with van der Waals surface area (Å²) in [5, 5.41) is 3.15. The molecule has 2 aromatic carbocycles. The minimum absolute atomic E-state index is 0.168. The molecule has 0 fully saturated rings. The van der Waals surface area contributed by atoms with Crippen molar-refractivity contribution in [2.24, 2.45) is 0 Å². The summed E-state index contributed by atoms with van der Waals surface area (Å²) < 4.78 is 26.8. The SMILES string of the molecule is CNCC(Cc1ccc(F)cc1F)c1ccccc1C. The van der Waals surface area contributed by atoms with Gasteiger partial charge in [0, 0.05) is 18.5 Å². The molecule has 3 heteroatoms. The Labute approximate surface area is 118 Å². The fourth-order valence-corrected chi connectivity index (χ4v) is 2.54. The van der Waals surface area contributed by atoms with Gasteiger partial charge in [-0.25, -0.2) is 8.78 Å². The average Bonchev–Trinajstić information content (AvgIpc) is 2.42. The van der Waals surface area contributed by atoms with Gasteiger partial charge in [-0.2, -0.15) is 0 Å². The first-order valence-electron chi connectivity index (χ1n) is 6.76. The van der Waals surface area contributed by atoms with Gasteiger partial charge in [-0.05, 0) is 43.1 Å². The standard InChI is InChI=1S/C17H19F2N/c1-12-5-3-4-6-16(12)14(11-20-2)9-13-7-8-15(18)10-17(13)19/h3-8,10,14,20H,9,11H2,1-2H3. The number of halogens is 2. The van der Waals surface area contributed by atoms with Crippen molar-refractivity contribution in [3.63, 3.8) is 0 Å². The lowest BCUT2D eigenvalue weighted by molar-refractivity contribution is 0.553. The fourth-order valence-electron chi connectivity index (χ4n) is 2.54. The van der Waals surface area contributed by atoms with Crippen LogP contribution in [0.1, 0.15) is 22.6 Å². The maximum atomic E-state index is 13.8. The van der Waals surface area contributed by atoms with Crippen LogP contribution in [0.15, 0.2) is 42.5 Å². The highest BCUT2D eigenvalue weighted by Crippen LogP contribution is 2.25. The van der Waals surface area contributed by atoms with Crippen LogP contribution in [0.2, 0.25) is 0 Å². The molecule has 0 aliphatic carbocycles. The van der Waals surface area contributed by atoms with E-state index < -0.39 is 11.6 Å². The van der Waals surface area contributed by atoms with Gasteiger partial charge in [-0.15, -0.1) is 0 Å². The molecule has 0 radical (unpaired) electrons. The summed E-state index contributed by atoms with van der Waals surface area (Å²) >= 11 is 0. The number of nitrogens with one attached hydrogen (secondary N) is 1. The quantitative estimate of drug-likeness (QED) is 0.874. The lowest BCUT2D eigenvalue weighted by Gasteiger charge is -2.19. The molecule has 1 N–H and O–H groups in total. The van der Waals surface area contributed by atoms with Gasteiger partial charge in [0.05, 0.1) is 0 Å². The van der Waals surface area contributed by atoms with E-state index in [1.54, 1.807) is 0 Å². The molecule has 0 bridgehead atoms. The lowest BCUT2D eigenvalue weighted by atomic mass is 9.89. The van der Waals surface area contributed by atoms with Crippen molar-refractivity contribution in [1.29, 1.82) is 0 Å². The number of benzene rings is 2. The van der Waals surface area contributed by atoms with E-state index in [0.717, 1.165) is 12.6 Å². The zero-order valence-electron chi connectivity index (χ0n) is 11.8. The van der Waals surface area contributed by atoms with Gasteiger partial charge in [0.1, 0.15) is 11.6 Å². The van der Waals surface area contributed by atoms with Gasteiger partial charge >= 0.3 is 0 Å². The highest BCUT2D eigenvalue weighted by molar-refractivity contribution is 5.32. The normalized spacial score (nSPS) is 12.4. The molecule has 1 atom stereocenters. The van der Waals surface area contributed by atoms with E-state index in [1.165, 1.54) is 23.3 Å². The number of aryl methyl sites for hydroxylation is 1. The molecule has 2 aromatic rings. The molecule has 0 saturated heterocycles. The van der Waals surface area contributed by atoms with Gasteiger partial charge in [0.15, 0.2) is 0 Å². The van der Waals surface area contributed by atoms with Crippen molar-refractivity contribution in [2.75, 3.05) is 13.6 Å². The molecule has 20 heavy (non-hydrogen) atoms. The first kappa shape index (κ1) is 14.7. The fraction of sp³-hybridized carbons (Fsp3) is 0.294. The molecule has 0 aliphatic rings. The van der Waals surface area contributed by atoms with Crippen LogP contribution in [0.3, 0.4) is 0 Å². The maximum Gasteiger partial charge on any atom is 0.129 e. The summed E-state index contributed by atoms with van der Waals surface area (Å²) in [5.41, 5.74) is 2.94. The lowest BCUT2D eigenvalue weighted by Crippen LogP contribution is -2.20. The monoisotopic (exact) mass is 275 g/mol. The zero-order chi connectivity index (χ0) is 14.5. The number of hydrogen-bond acceptors (Lipinski definition) is 1. The van der Waals surface area contributed by atoms with Gasteiger partial charge in [0.25, 0.3) is 0 Å². The summed E-state index contributed by atoms with van der Waals surface area (Å²) in [5.74, 6) is -0.840. The average molecular weight is 275 g/mol. The molecule has 0 saturated carbocycles. The van der Waals surface area contributed by atoms with Gasteiger partial charge in [0.2, 0.25) is 0 Å². The topological polar surface area (TPSA) is 12.0 Å². The second-order valence-corrected chi connectivity index (χ2v) is 5.05. The highest BCUT2D eigenvalue weighted by atomic mass is 19.1. The van der Waals surface area contributed by atoms with Crippen LogP contribution in [-0.2, 0) is 6.42 Å². The van der Waals surface area contributed by atoms with Crippen LogP contribution >= 0.6 is 0 Å². The third kappa shape index (κ3) is 3.42. The van der Waals surface area contributed by atoms with Crippen molar-refractivity contribution in [1.82, 2.24) is 5.32 Å². The zero-order valence-corrected chi connectivity index (χ0v) is 11.8. The molecule has 0 spiro atoms. The summed E-state index contributed by atoms with van der Waals surface area (Å²) in [4.78, 5) is 0. The predicted molar refractivity (Wildman–Crippen MR) is 77.9 cm³/mol. The molecule has 1 nitrogen and oxygen atoms in total. The largest absolute Gasteiger partial charge is 0.319 e. The van der Waals surface area contributed by atoms with Crippen LogP contribution in [0, 0.1) is 18.6 Å². The van der Waals surface area contributed by atoms with Gasteiger partial charge in [-0.1, -0.05) is 30.3 Å². The first-order valence-corrected chi connectivity index (χ1v) is 6.76. The Balaban J connectivity index is 2.28. The first-order chi connectivity index (χ1) is 9.61. The molecule has 0 heterocycles. The predicted octanol–water partition coefficient (Wildman–Crippen LogP) is 3.82. The van der Waals surface area contributed by atoms with Crippen LogP contribution in [0.25, 0.3) is 0 Å². The molecule has 0 aliphatic heterocycles. The molecule has 1 unspecified atom stereocenters. The van der Waals surface area contributed by atoms with E-state index in [2.05, 4.69) is 24.4 Å². The van der Waals surface area contributed by atoms with E-state index in [4.69, 9.17) is 0 Å². The van der Waals surface area contributed by atoms with Crippen LogP contribution in [-0.4, -0.2) is 13.6 Å². The van der Waals surface area contributed by atoms with Crippen LogP contribution in [0.5, 0.6) is 0 Å². The molecule has 0 aromatic heterocycles. The van der Waals surface area contributed by atoms with Crippen molar-refractivity contribution >= 4 is 0 Å². The number of likely N-dealkylation sites (N-methyl/N-ethyl adjacent to an activating group) is 1. The molecule has 106 valence electrons. The van der Waals surface area contributed by atoms with E-state index in [1.807, 2.05) is 19.2 Å². The van der Waals surface area contributed by atoms with Crippen LogP contribution in [0.4, 0.5) is 8.78 Å². The number of rotatable bonds is 5.